The van der Waals surface area contributed by atoms with E-state index in [1.54, 1.807) is 36.4 Å². The smallest absolute Gasteiger partial charge is 0.338 e. The van der Waals surface area contributed by atoms with Crippen molar-refractivity contribution in [1.29, 1.82) is 0 Å². The third-order valence-corrected chi connectivity index (χ3v) is 4.63. The van der Waals surface area contributed by atoms with Crippen molar-refractivity contribution >= 4 is 28.9 Å². The van der Waals surface area contributed by atoms with E-state index in [-0.39, 0.29) is 12.2 Å². The second kappa shape index (κ2) is 9.78. The average Bonchev–Trinajstić information content (AvgIpc) is 2.77. The molecule has 0 saturated carbocycles. The van der Waals surface area contributed by atoms with Crippen LogP contribution in [-0.2, 0) is 16.1 Å². The van der Waals surface area contributed by atoms with Crippen LogP contribution in [0.2, 0.25) is 0 Å². The first-order valence-corrected chi connectivity index (χ1v) is 9.76. The van der Waals surface area contributed by atoms with E-state index in [2.05, 4.69) is 5.32 Å². The van der Waals surface area contributed by atoms with Gasteiger partial charge in [-0.2, -0.15) is 0 Å². The molecular weight excluding hydrogens is 416 g/mol. The highest BCUT2D eigenvalue weighted by Crippen LogP contribution is 2.23. The standard InChI is InChI=1S/C23H22N2O7/c1-13-10-20(26)32-19-11-17(8-9-18(13)19)30-12-15-4-6-16(7-5-15)22(28)31-14(2)21(27)25-23(29)24-3/h4-11,14H,12H2,1-3H3,(H2,24,25,27,29). The van der Waals surface area contributed by atoms with Crippen LogP contribution in [0.3, 0.4) is 0 Å². The largest absolute Gasteiger partial charge is 0.489 e. The summed E-state index contributed by atoms with van der Waals surface area (Å²) in [4.78, 5) is 46.7. The summed E-state index contributed by atoms with van der Waals surface area (Å²) in [5.74, 6) is -0.897. The van der Waals surface area contributed by atoms with Gasteiger partial charge in [-0.15, -0.1) is 0 Å². The third kappa shape index (κ3) is 5.51. The van der Waals surface area contributed by atoms with E-state index in [1.165, 1.54) is 20.0 Å². The number of hydrogen-bond donors (Lipinski definition) is 2. The van der Waals surface area contributed by atoms with Crippen molar-refractivity contribution in [2.24, 2.45) is 0 Å². The SMILES string of the molecule is CNC(=O)NC(=O)C(C)OC(=O)c1ccc(COc2ccc3c(C)cc(=O)oc3c2)cc1. The molecule has 1 atom stereocenters. The molecule has 0 aliphatic heterocycles. The zero-order valence-corrected chi connectivity index (χ0v) is 17.8. The molecule has 3 rings (SSSR count). The van der Waals surface area contributed by atoms with Gasteiger partial charge in [0, 0.05) is 24.6 Å². The number of benzene rings is 2. The van der Waals surface area contributed by atoms with Crippen molar-refractivity contribution in [2.45, 2.75) is 26.6 Å². The van der Waals surface area contributed by atoms with Crippen molar-refractivity contribution in [1.82, 2.24) is 10.6 Å². The Morgan fingerprint density at radius 3 is 2.47 bits per heavy atom. The summed E-state index contributed by atoms with van der Waals surface area (Å²) in [7, 11) is 1.36. The van der Waals surface area contributed by atoms with Gasteiger partial charge in [0.1, 0.15) is 17.9 Å². The topological polar surface area (TPSA) is 124 Å². The van der Waals surface area contributed by atoms with Gasteiger partial charge in [0.05, 0.1) is 5.56 Å². The number of aryl methyl sites for hydroxylation is 1. The van der Waals surface area contributed by atoms with Gasteiger partial charge >= 0.3 is 17.6 Å². The zero-order valence-electron chi connectivity index (χ0n) is 17.8. The fourth-order valence-corrected chi connectivity index (χ4v) is 2.86. The third-order valence-electron chi connectivity index (χ3n) is 4.63. The molecule has 0 fully saturated rings. The van der Waals surface area contributed by atoms with Crippen LogP contribution in [-0.4, -0.2) is 31.1 Å². The van der Waals surface area contributed by atoms with E-state index in [0.29, 0.717) is 11.3 Å². The number of carbonyl (C=O) groups is 3. The molecule has 166 valence electrons. The molecule has 0 radical (unpaired) electrons. The van der Waals surface area contributed by atoms with Crippen molar-refractivity contribution < 1.29 is 28.3 Å². The lowest BCUT2D eigenvalue weighted by Crippen LogP contribution is -2.43. The molecule has 0 aliphatic rings. The Hall–Kier alpha value is -4.14. The van der Waals surface area contributed by atoms with E-state index < -0.39 is 29.6 Å². The van der Waals surface area contributed by atoms with Crippen molar-refractivity contribution in [2.75, 3.05) is 7.05 Å². The maximum Gasteiger partial charge on any atom is 0.338 e. The summed E-state index contributed by atoms with van der Waals surface area (Å²) in [5.41, 5.74) is 1.88. The summed E-state index contributed by atoms with van der Waals surface area (Å²) in [6.45, 7) is 3.43. The molecule has 3 aromatic rings. The number of hydrogen-bond acceptors (Lipinski definition) is 7. The number of nitrogens with one attached hydrogen (secondary N) is 2. The molecule has 2 aromatic carbocycles. The predicted octanol–water partition coefficient (Wildman–Crippen LogP) is 2.68. The number of ether oxygens (including phenoxy) is 2. The molecule has 1 aromatic heterocycles. The van der Waals surface area contributed by atoms with Gasteiger partial charge in [-0.1, -0.05) is 12.1 Å². The number of amides is 3. The van der Waals surface area contributed by atoms with Crippen LogP contribution >= 0.6 is 0 Å². The average molecular weight is 438 g/mol. The number of rotatable bonds is 6. The monoisotopic (exact) mass is 438 g/mol. The molecule has 1 unspecified atom stereocenters. The predicted molar refractivity (Wildman–Crippen MR) is 115 cm³/mol. The summed E-state index contributed by atoms with van der Waals surface area (Å²) in [6, 6.07) is 12.5. The molecule has 3 amide bonds. The highest BCUT2D eigenvalue weighted by molar-refractivity contribution is 5.98. The van der Waals surface area contributed by atoms with Gasteiger partial charge in [-0.3, -0.25) is 10.1 Å². The first-order chi connectivity index (χ1) is 15.3. The Balaban J connectivity index is 1.59. The van der Waals surface area contributed by atoms with Crippen LogP contribution in [0.25, 0.3) is 11.0 Å². The van der Waals surface area contributed by atoms with Gasteiger partial charge in [0.15, 0.2) is 6.10 Å². The Morgan fingerprint density at radius 2 is 1.78 bits per heavy atom. The number of imide groups is 1. The molecule has 0 bridgehead atoms. The first-order valence-electron chi connectivity index (χ1n) is 9.76. The highest BCUT2D eigenvalue weighted by Gasteiger charge is 2.20. The van der Waals surface area contributed by atoms with Crippen molar-refractivity contribution in [3.05, 3.63) is 75.6 Å². The van der Waals surface area contributed by atoms with Crippen LogP contribution in [0.5, 0.6) is 5.75 Å². The van der Waals surface area contributed by atoms with E-state index >= 15 is 0 Å². The number of esters is 1. The van der Waals surface area contributed by atoms with Crippen LogP contribution in [0.15, 0.2) is 57.7 Å². The first kappa shape index (κ1) is 22.5. The zero-order chi connectivity index (χ0) is 23.3. The van der Waals surface area contributed by atoms with E-state index in [4.69, 9.17) is 13.9 Å². The van der Waals surface area contributed by atoms with E-state index in [0.717, 1.165) is 16.5 Å². The normalized spacial score (nSPS) is 11.5. The fraction of sp³-hybridized carbons (Fsp3) is 0.217. The minimum atomic E-state index is -1.14. The summed E-state index contributed by atoms with van der Waals surface area (Å²) < 4.78 is 16.0. The van der Waals surface area contributed by atoms with Crippen LogP contribution in [0.4, 0.5) is 4.79 Å². The Kier molecular flexibility index (Phi) is 6.89. The van der Waals surface area contributed by atoms with Gasteiger partial charge in [-0.25, -0.2) is 14.4 Å². The lowest BCUT2D eigenvalue weighted by molar-refractivity contribution is -0.127. The number of carbonyl (C=O) groups excluding carboxylic acids is 3. The summed E-state index contributed by atoms with van der Waals surface area (Å²) in [5, 5.41) is 5.11. The maximum atomic E-state index is 12.2. The lowest BCUT2D eigenvalue weighted by Gasteiger charge is -2.13. The van der Waals surface area contributed by atoms with E-state index in [9.17, 15) is 19.2 Å². The number of fused-ring (bicyclic) bond motifs is 1. The van der Waals surface area contributed by atoms with Gasteiger partial charge in [0.25, 0.3) is 5.91 Å². The minimum absolute atomic E-state index is 0.224. The molecule has 2 N–H and O–H groups in total. The molecule has 0 aliphatic carbocycles. The molecule has 9 nitrogen and oxygen atoms in total. The Labute approximate surface area is 183 Å². The lowest BCUT2D eigenvalue weighted by atomic mass is 10.1. The van der Waals surface area contributed by atoms with E-state index in [1.807, 2.05) is 18.3 Å². The molecule has 32 heavy (non-hydrogen) atoms. The van der Waals surface area contributed by atoms with Gasteiger partial charge in [-0.05, 0) is 49.2 Å². The van der Waals surface area contributed by atoms with Crippen molar-refractivity contribution in [3.8, 4) is 5.75 Å². The van der Waals surface area contributed by atoms with Crippen LogP contribution in [0.1, 0.15) is 28.4 Å². The molecule has 0 saturated heterocycles. The Morgan fingerprint density at radius 1 is 1.06 bits per heavy atom. The van der Waals surface area contributed by atoms with Crippen molar-refractivity contribution in [3.63, 3.8) is 0 Å². The van der Waals surface area contributed by atoms with Gasteiger partial charge < -0.3 is 19.2 Å². The quantitative estimate of drug-likeness (QED) is 0.448. The molecular formula is C23H22N2O7. The molecule has 0 spiro atoms. The fourth-order valence-electron chi connectivity index (χ4n) is 2.86. The summed E-state index contributed by atoms with van der Waals surface area (Å²) >= 11 is 0. The highest BCUT2D eigenvalue weighted by atomic mass is 16.5. The van der Waals surface area contributed by atoms with Gasteiger partial charge in [0.2, 0.25) is 0 Å². The molecule has 1 heterocycles. The summed E-state index contributed by atoms with van der Waals surface area (Å²) in [6.07, 6.45) is -1.14. The second-order valence-corrected chi connectivity index (χ2v) is 7.01. The number of urea groups is 1. The van der Waals surface area contributed by atoms with Crippen LogP contribution < -0.4 is 21.0 Å². The second-order valence-electron chi connectivity index (χ2n) is 7.01. The molecule has 9 heteroatoms. The van der Waals surface area contributed by atoms with Crippen LogP contribution in [0, 0.1) is 6.92 Å². The minimum Gasteiger partial charge on any atom is -0.489 e. The maximum absolute atomic E-state index is 12.2. The Bertz CT molecular complexity index is 1220.